The van der Waals surface area contributed by atoms with Gasteiger partial charge in [0.15, 0.2) is 5.82 Å². The summed E-state index contributed by atoms with van der Waals surface area (Å²) in [5.41, 5.74) is 10.3. The van der Waals surface area contributed by atoms with Gasteiger partial charge < -0.3 is 10.7 Å². The van der Waals surface area contributed by atoms with Crippen molar-refractivity contribution in [2.75, 3.05) is 5.73 Å². The smallest absolute Gasteiger partial charge is 0.150 e. The molecule has 0 aliphatic heterocycles. The molecule has 0 bridgehead atoms. The molecular formula is C16H14N6. The van der Waals surface area contributed by atoms with E-state index in [4.69, 9.17) is 5.73 Å². The zero-order valence-electron chi connectivity index (χ0n) is 12.0. The average molecular weight is 290 g/mol. The van der Waals surface area contributed by atoms with E-state index in [1.54, 1.807) is 12.7 Å². The first-order valence-corrected chi connectivity index (χ1v) is 6.91. The molecule has 0 atom stereocenters. The molecule has 22 heavy (non-hydrogen) atoms. The zero-order chi connectivity index (χ0) is 15.1. The number of aryl methyl sites for hydroxylation is 1. The Morgan fingerprint density at radius 3 is 2.64 bits per heavy atom. The third-order valence-electron chi connectivity index (χ3n) is 3.58. The molecule has 3 heterocycles. The molecule has 6 heteroatoms. The number of hydrogen-bond donors (Lipinski definition) is 2. The predicted octanol–water partition coefficient (Wildman–Crippen LogP) is 2.70. The number of nitrogens with zero attached hydrogens (tertiary/aromatic N) is 4. The monoisotopic (exact) mass is 290 g/mol. The molecule has 4 rings (SSSR count). The largest absolute Gasteiger partial charge is 0.399 e. The summed E-state index contributed by atoms with van der Waals surface area (Å²) in [7, 11) is 0. The number of imidazole rings is 1. The van der Waals surface area contributed by atoms with Gasteiger partial charge in [0.1, 0.15) is 18.3 Å². The van der Waals surface area contributed by atoms with E-state index >= 15 is 0 Å². The van der Waals surface area contributed by atoms with Crippen LogP contribution in [-0.2, 0) is 0 Å². The predicted molar refractivity (Wildman–Crippen MR) is 85.6 cm³/mol. The molecule has 3 aromatic heterocycles. The number of aromatic amines is 1. The van der Waals surface area contributed by atoms with Gasteiger partial charge in [-0.25, -0.2) is 15.0 Å². The summed E-state index contributed by atoms with van der Waals surface area (Å²) in [6.45, 7) is 1.95. The Labute approximate surface area is 126 Å². The highest BCUT2D eigenvalue weighted by molar-refractivity contribution is 5.88. The lowest BCUT2D eigenvalue weighted by Gasteiger charge is -2.00. The molecule has 0 saturated heterocycles. The van der Waals surface area contributed by atoms with Crippen LogP contribution in [0.3, 0.4) is 0 Å². The second-order valence-electron chi connectivity index (χ2n) is 5.19. The molecule has 0 aliphatic carbocycles. The summed E-state index contributed by atoms with van der Waals surface area (Å²) in [5.74, 6) is 0.809. The van der Waals surface area contributed by atoms with Crippen LogP contribution >= 0.6 is 0 Å². The number of aromatic nitrogens is 5. The van der Waals surface area contributed by atoms with Crippen molar-refractivity contribution in [3.63, 3.8) is 0 Å². The Kier molecular flexibility index (Phi) is 2.69. The maximum absolute atomic E-state index is 5.74. The fourth-order valence-electron chi connectivity index (χ4n) is 2.49. The Morgan fingerprint density at radius 2 is 1.91 bits per heavy atom. The van der Waals surface area contributed by atoms with Crippen molar-refractivity contribution >= 4 is 16.7 Å². The number of H-pyrrole nitrogens is 1. The fourth-order valence-corrected chi connectivity index (χ4v) is 2.49. The van der Waals surface area contributed by atoms with Crippen LogP contribution in [0.4, 0.5) is 5.69 Å². The lowest BCUT2D eigenvalue weighted by molar-refractivity contribution is 0.992. The summed E-state index contributed by atoms with van der Waals surface area (Å²) in [6.07, 6.45) is 5.25. The minimum atomic E-state index is 0.745. The molecule has 6 nitrogen and oxygen atoms in total. The second kappa shape index (κ2) is 4.70. The van der Waals surface area contributed by atoms with E-state index in [1.807, 2.05) is 48.0 Å². The topological polar surface area (TPSA) is 85.4 Å². The lowest BCUT2D eigenvalue weighted by atomic mass is 10.1. The van der Waals surface area contributed by atoms with Crippen LogP contribution in [-0.4, -0.2) is 24.5 Å². The summed E-state index contributed by atoms with van der Waals surface area (Å²) in [4.78, 5) is 16.3. The van der Waals surface area contributed by atoms with Crippen molar-refractivity contribution in [1.29, 1.82) is 0 Å². The molecule has 0 aliphatic rings. The van der Waals surface area contributed by atoms with Crippen LogP contribution in [0.5, 0.6) is 0 Å². The number of rotatable bonds is 2. The van der Waals surface area contributed by atoms with E-state index in [9.17, 15) is 0 Å². The normalized spacial score (nSPS) is 11.1. The van der Waals surface area contributed by atoms with Crippen molar-refractivity contribution in [2.24, 2.45) is 0 Å². The van der Waals surface area contributed by atoms with Crippen LogP contribution in [0.25, 0.3) is 28.1 Å². The fraction of sp³-hybridized carbons (Fsp3) is 0.0625. The summed E-state index contributed by atoms with van der Waals surface area (Å²) in [5, 5.41) is 0.951. The second-order valence-corrected chi connectivity index (χ2v) is 5.19. The standard InChI is InChI=1S/C16H14N6/c1-10-7-22(9-20-10)16-13-6-14(21-15(13)18-8-19-16)11-2-4-12(17)5-3-11/h2-9H,17H2,1H3,(H,18,19,21). The molecule has 0 amide bonds. The van der Waals surface area contributed by atoms with Crippen molar-refractivity contribution in [3.8, 4) is 17.1 Å². The van der Waals surface area contributed by atoms with Gasteiger partial charge in [-0.3, -0.25) is 4.57 Å². The van der Waals surface area contributed by atoms with Gasteiger partial charge in [-0.2, -0.15) is 0 Å². The quantitative estimate of drug-likeness (QED) is 0.556. The lowest BCUT2D eigenvalue weighted by Crippen LogP contribution is -1.95. The summed E-state index contributed by atoms with van der Waals surface area (Å²) < 4.78 is 1.90. The first-order chi connectivity index (χ1) is 10.7. The highest BCUT2D eigenvalue weighted by Gasteiger charge is 2.11. The van der Waals surface area contributed by atoms with E-state index in [2.05, 4.69) is 19.9 Å². The minimum absolute atomic E-state index is 0.745. The Balaban J connectivity index is 1.89. The van der Waals surface area contributed by atoms with Gasteiger partial charge >= 0.3 is 0 Å². The zero-order valence-corrected chi connectivity index (χ0v) is 12.0. The molecule has 4 aromatic rings. The van der Waals surface area contributed by atoms with Crippen LogP contribution in [0, 0.1) is 6.92 Å². The van der Waals surface area contributed by atoms with Gasteiger partial charge in [0.2, 0.25) is 0 Å². The number of nitrogens with two attached hydrogens (primary N) is 1. The molecular weight excluding hydrogens is 276 g/mol. The van der Waals surface area contributed by atoms with Gasteiger partial charge in [-0.05, 0) is 30.7 Å². The molecule has 0 unspecified atom stereocenters. The van der Waals surface area contributed by atoms with Crippen molar-refractivity contribution in [1.82, 2.24) is 24.5 Å². The SMILES string of the molecule is Cc1cn(-c2ncnc3[nH]c(-c4ccc(N)cc4)cc23)cn1. The van der Waals surface area contributed by atoms with Gasteiger partial charge in [0.25, 0.3) is 0 Å². The molecule has 0 saturated carbocycles. The number of anilines is 1. The van der Waals surface area contributed by atoms with Crippen LogP contribution in [0.1, 0.15) is 5.69 Å². The Morgan fingerprint density at radius 1 is 1.09 bits per heavy atom. The Hall–Kier alpha value is -3.15. The van der Waals surface area contributed by atoms with E-state index in [1.165, 1.54) is 0 Å². The summed E-state index contributed by atoms with van der Waals surface area (Å²) >= 11 is 0. The Bertz CT molecular complexity index is 948. The maximum atomic E-state index is 5.74. The van der Waals surface area contributed by atoms with Gasteiger partial charge in [0.05, 0.1) is 11.1 Å². The van der Waals surface area contributed by atoms with E-state index < -0.39 is 0 Å². The number of fused-ring (bicyclic) bond motifs is 1. The molecule has 1 aromatic carbocycles. The number of nitrogens with one attached hydrogen (secondary N) is 1. The van der Waals surface area contributed by atoms with Crippen molar-refractivity contribution in [2.45, 2.75) is 6.92 Å². The minimum Gasteiger partial charge on any atom is -0.399 e. The summed E-state index contributed by atoms with van der Waals surface area (Å²) in [6, 6.07) is 9.77. The number of nitrogen functional groups attached to an aromatic ring is 1. The van der Waals surface area contributed by atoms with Gasteiger partial charge in [-0.15, -0.1) is 0 Å². The average Bonchev–Trinajstić information content (AvgIpc) is 3.13. The van der Waals surface area contributed by atoms with Crippen molar-refractivity contribution < 1.29 is 0 Å². The highest BCUT2D eigenvalue weighted by Crippen LogP contribution is 2.26. The third kappa shape index (κ3) is 2.01. The van der Waals surface area contributed by atoms with Gasteiger partial charge in [0, 0.05) is 17.6 Å². The molecule has 108 valence electrons. The molecule has 0 spiro atoms. The van der Waals surface area contributed by atoms with E-state index in [0.717, 1.165) is 39.5 Å². The van der Waals surface area contributed by atoms with Gasteiger partial charge in [-0.1, -0.05) is 12.1 Å². The molecule has 0 fully saturated rings. The van der Waals surface area contributed by atoms with Crippen molar-refractivity contribution in [3.05, 3.63) is 54.9 Å². The van der Waals surface area contributed by atoms with Crippen LogP contribution < -0.4 is 5.73 Å². The van der Waals surface area contributed by atoms with Crippen LogP contribution in [0.2, 0.25) is 0 Å². The number of benzene rings is 1. The first kappa shape index (κ1) is 12.6. The number of hydrogen-bond acceptors (Lipinski definition) is 4. The first-order valence-electron chi connectivity index (χ1n) is 6.91. The van der Waals surface area contributed by atoms with E-state index in [0.29, 0.717) is 0 Å². The molecule has 3 N–H and O–H groups in total. The third-order valence-corrected chi connectivity index (χ3v) is 3.58. The van der Waals surface area contributed by atoms with E-state index in [-0.39, 0.29) is 0 Å². The highest BCUT2D eigenvalue weighted by atomic mass is 15.1. The molecule has 0 radical (unpaired) electrons. The van der Waals surface area contributed by atoms with Crippen LogP contribution in [0.15, 0.2) is 49.2 Å². The maximum Gasteiger partial charge on any atom is 0.150 e.